The summed E-state index contributed by atoms with van der Waals surface area (Å²) < 4.78 is 0. The van der Waals surface area contributed by atoms with Crippen LogP contribution in [0.2, 0.25) is 0 Å². The lowest BCUT2D eigenvalue weighted by Gasteiger charge is -2.32. The molecule has 25 heavy (non-hydrogen) atoms. The van der Waals surface area contributed by atoms with Crippen molar-refractivity contribution in [2.45, 2.75) is 50.2 Å². The number of likely N-dealkylation sites (tertiary alicyclic amines) is 1. The number of hydrogen-bond donors (Lipinski definition) is 4. The summed E-state index contributed by atoms with van der Waals surface area (Å²) in [5.74, 6) is 1.56. The van der Waals surface area contributed by atoms with Crippen molar-refractivity contribution < 1.29 is 5.11 Å². The lowest BCUT2D eigenvalue weighted by Crippen LogP contribution is -2.36. The maximum Gasteiger partial charge on any atom is 0.222 e. The Morgan fingerprint density at radius 1 is 1.20 bits per heavy atom. The Morgan fingerprint density at radius 2 is 1.88 bits per heavy atom. The van der Waals surface area contributed by atoms with Crippen molar-refractivity contribution in [3.05, 3.63) is 11.8 Å². The van der Waals surface area contributed by atoms with E-state index in [2.05, 4.69) is 20.2 Å². The minimum atomic E-state index is -0.105. The maximum absolute atomic E-state index is 9.51. The van der Waals surface area contributed by atoms with Crippen LogP contribution in [0.25, 0.3) is 0 Å². The Balaban J connectivity index is 0.00000156. The first-order chi connectivity index (χ1) is 11.1. The number of anilines is 2. The van der Waals surface area contributed by atoms with Crippen molar-refractivity contribution in [1.29, 1.82) is 0 Å². The smallest absolute Gasteiger partial charge is 0.222 e. The molecule has 0 bridgehead atoms. The fraction of sp³-hybridized carbons (Fsp3) is 0.750. The van der Waals surface area contributed by atoms with E-state index in [0.717, 1.165) is 69.8 Å². The summed E-state index contributed by atoms with van der Waals surface area (Å²) in [6, 6.07) is 2.31. The first kappa shape index (κ1) is 22.2. The normalized spacial score (nSPS) is 23.9. The van der Waals surface area contributed by atoms with E-state index < -0.39 is 0 Å². The summed E-state index contributed by atoms with van der Waals surface area (Å²) in [4.78, 5) is 11.0. The number of nitrogens with one attached hydrogen (secondary N) is 1. The van der Waals surface area contributed by atoms with Crippen molar-refractivity contribution >= 4 is 36.6 Å². The molecule has 1 saturated heterocycles. The molecule has 0 radical (unpaired) electrons. The van der Waals surface area contributed by atoms with E-state index in [1.54, 1.807) is 0 Å². The van der Waals surface area contributed by atoms with Gasteiger partial charge >= 0.3 is 0 Å². The van der Waals surface area contributed by atoms with Crippen molar-refractivity contribution in [3.63, 3.8) is 0 Å². The van der Waals surface area contributed by atoms with Gasteiger partial charge in [0.15, 0.2) is 0 Å². The van der Waals surface area contributed by atoms with Crippen LogP contribution in [-0.4, -0.2) is 58.3 Å². The van der Waals surface area contributed by atoms with Gasteiger partial charge in [-0.05, 0) is 38.6 Å². The predicted octanol–water partition coefficient (Wildman–Crippen LogP) is 1.37. The summed E-state index contributed by atoms with van der Waals surface area (Å²) >= 11 is 0. The lowest BCUT2D eigenvalue weighted by molar-refractivity contribution is 0.0825. The zero-order valence-corrected chi connectivity index (χ0v) is 16.1. The van der Waals surface area contributed by atoms with Crippen molar-refractivity contribution in [2.75, 3.05) is 37.2 Å². The largest absolute Gasteiger partial charge is 0.393 e. The van der Waals surface area contributed by atoms with E-state index in [9.17, 15) is 5.11 Å². The van der Waals surface area contributed by atoms with Gasteiger partial charge in [0.05, 0.1) is 11.8 Å². The molecule has 0 aromatic carbocycles. The van der Waals surface area contributed by atoms with E-state index in [-0.39, 0.29) is 30.9 Å². The minimum Gasteiger partial charge on any atom is -0.393 e. The molecule has 6 N–H and O–H groups in total. The number of aliphatic hydroxyl groups excluding tert-OH is 1. The molecule has 1 aliphatic carbocycles. The molecule has 9 heteroatoms. The zero-order chi connectivity index (χ0) is 16.2. The van der Waals surface area contributed by atoms with Crippen molar-refractivity contribution in [2.24, 2.45) is 5.73 Å². The number of hydrogen-bond acceptors (Lipinski definition) is 7. The summed E-state index contributed by atoms with van der Waals surface area (Å²) in [5, 5.41) is 12.9. The molecule has 0 amide bonds. The Morgan fingerprint density at radius 3 is 2.52 bits per heavy atom. The average molecular weight is 393 g/mol. The Bertz CT molecular complexity index is 521. The first-order valence-electron chi connectivity index (χ1n) is 8.64. The van der Waals surface area contributed by atoms with Gasteiger partial charge in [-0.25, -0.2) is 4.98 Å². The van der Waals surface area contributed by atoms with Gasteiger partial charge in [-0.1, -0.05) is 0 Å². The number of halogens is 2. The summed E-state index contributed by atoms with van der Waals surface area (Å²) in [6.45, 7) is 3.89. The molecule has 7 nitrogen and oxygen atoms in total. The number of nitrogens with two attached hydrogens (primary N) is 2. The number of piperidine rings is 1. The number of rotatable bonds is 6. The molecule has 2 heterocycles. The Labute approximate surface area is 161 Å². The van der Waals surface area contributed by atoms with E-state index in [1.165, 1.54) is 0 Å². The summed E-state index contributed by atoms with van der Waals surface area (Å²) in [6.07, 6.45) is 4.69. The highest BCUT2D eigenvalue weighted by Gasteiger charge is 2.29. The predicted molar refractivity (Wildman–Crippen MR) is 106 cm³/mol. The van der Waals surface area contributed by atoms with Crippen LogP contribution in [0.3, 0.4) is 0 Å². The maximum atomic E-state index is 9.51. The average Bonchev–Trinajstić information content (AvgIpc) is 2.50. The highest BCUT2D eigenvalue weighted by molar-refractivity contribution is 5.85. The molecule has 144 valence electrons. The highest BCUT2D eigenvalue weighted by Crippen LogP contribution is 2.35. The van der Waals surface area contributed by atoms with Crippen molar-refractivity contribution in [3.8, 4) is 0 Å². The van der Waals surface area contributed by atoms with Gasteiger partial charge in [0, 0.05) is 37.7 Å². The third-order valence-corrected chi connectivity index (χ3v) is 4.87. The van der Waals surface area contributed by atoms with Crippen LogP contribution >= 0.6 is 24.8 Å². The molecule has 0 spiro atoms. The molecule has 2 fully saturated rings. The van der Waals surface area contributed by atoms with E-state index in [0.29, 0.717) is 17.9 Å². The molecule has 1 aromatic heterocycles. The van der Waals surface area contributed by atoms with Crippen LogP contribution in [-0.2, 0) is 0 Å². The number of aromatic nitrogens is 2. The Hall–Kier alpha value is -0.860. The molecule has 1 saturated carbocycles. The molecule has 0 atom stereocenters. The van der Waals surface area contributed by atoms with Crippen LogP contribution < -0.4 is 16.8 Å². The zero-order valence-electron chi connectivity index (χ0n) is 14.4. The second-order valence-corrected chi connectivity index (χ2v) is 6.82. The Kier molecular flexibility index (Phi) is 9.16. The molecule has 3 rings (SSSR count). The molecule has 0 unspecified atom stereocenters. The second-order valence-electron chi connectivity index (χ2n) is 6.82. The van der Waals surface area contributed by atoms with E-state index in [1.807, 2.05) is 6.07 Å². The summed E-state index contributed by atoms with van der Waals surface area (Å²) in [7, 11) is 0. The first-order valence-corrected chi connectivity index (χ1v) is 8.64. The number of nitrogens with zero attached hydrogens (tertiary/aromatic N) is 3. The SMILES string of the molecule is Cl.Cl.Nc1nc(NCCCN2CCC(O)CC2)cc(C2CC(N)C2)n1. The van der Waals surface area contributed by atoms with Crippen LogP contribution in [0.4, 0.5) is 11.8 Å². The van der Waals surface area contributed by atoms with Crippen molar-refractivity contribution in [1.82, 2.24) is 14.9 Å². The molecule has 1 aliphatic heterocycles. The van der Waals surface area contributed by atoms with Gasteiger partial charge in [0.2, 0.25) is 5.95 Å². The quantitative estimate of drug-likeness (QED) is 0.540. The van der Waals surface area contributed by atoms with Crippen LogP contribution in [0.1, 0.15) is 43.7 Å². The topological polar surface area (TPSA) is 113 Å². The molecular weight excluding hydrogens is 363 g/mol. The second kappa shape index (κ2) is 10.3. The van der Waals surface area contributed by atoms with Crippen LogP contribution in [0.5, 0.6) is 0 Å². The van der Waals surface area contributed by atoms with Gasteiger partial charge in [0.1, 0.15) is 5.82 Å². The number of nitrogen functional groups attached to an aromatic ring is 1. The fourth-order valence-electron chi connectivity index (χ4n) is 3.35. The standard InChI is InChI=1S/C16H28N6O.2ClH/c17-12-8-11(9-12)14-10-15(21-16(18)20-14)19-4-1-5-22-6-2-13(23)3-7-22;;/h10-13,23H,1-9,17H2,(H3,18,19,20,21);2*1H. The van der Waals surface area contributed by atoms with Gasteiger partial charge in [-0.3, -0.25) is 0 Å². The lowest BCUT2D eigenvalue weighted by atomic mass is 9.78. The monoisotopic (exact) mass is 392 g/mol. The van der Waals surface area contributed by atoms with E-state index >= 15 is 0 Å². The van der Waals surface area contributed by atoms with Gasteiger partial charge in [0.25, 0.3) is 0 Å². The fourth-order valence-corrected chi connectivity index (χ4v) is 3.35. The third-order valence-electron chi connectivity index (χ3n) is 4.87. The van der Waals surface area contributed by atoms with Gasteiger partial charge in [-0.15, -0.1) is 24.8 Å². The van der Waals surface area contributed by atoms with E-state index in [4.69, 9.17) is 11.5 Å². The third kappa shape index (κ3) is 6.42. The van der Waals surface area contributed by atoms with Crippen LogP contribution in [0.15, 0.2) is 6.07 Å². The molecule has 2 aliphatic rings. The molecular formula is C16H30Cl2N6O. The number of aliphatic hydroxyl groups is 1. The van der Waals surface area contributed by atoms with Gasteiger partial charge in [-0.2, -0.15) is 4.98 Å². The highest BCUT2D eigenvalue weighted by atomic mass is 35.5. The van der Waals surface area contributed by atoms with Gasteiger partial charge < -0.3 is 26.8 Å². The summed E-state index contributed by atoms with van der Waals surface area (Å²) in [5.41, 5.74) is 12.7. The minimum absolute atomic E-state index is 0. The molecule has 1 aromatic rings. The van der Waals surface area contributed by atoms with Crippen LogP contribution in [0, 0.1) is 0 Å².